The van der Waals surface area contributed by atoms with E-state index in [1.807, 2.05) is 39.0 Å². The van der Waals surface area contributed by atoms with Crippen molar-refractivity contribution in [1.29, 1.82) is 0 Å². The van der Waals surface area contributed by atoms with Crippen LogP contribution in [0.15, 0.2) is 53.6 Å². The molecule has 2 rings (SSSR count). The monoisotopic (exact) mass is 390 g/mol. The van der Waals surface area contributed by atoms with E-state index in [1.54, 1.807) is 13.2 Å². The van der Waals surface area contributed by atoms with Gasteiger partial charge in [-0.15, -0.1) is 0 Å². The molecule has 146 valence electrons. The number of ether oxygens (including phenoxy) is 1. The van der Waals surface area contributed by atoms with E-state index in [0.29, 0.717) is 12.0 Å². The van der Waals surface area contributed by atoms with Crippen molar-refractivity contribution in [3.63, 3.8) is 0 Å². The molecule has 0 radical (unpaired) electrons. The predicted molar refractivity (Wildman–Crippen MR) is 104 cm³/mol. The Morgan fingerprint density at radius 1 is 1.15 bits per heavy atom. The molecule has 0 saturated heterocycles. The molecular formula is C20H26N2O4S. The Bertz CT molecular complexity index is 872. The van der Waals surface area contributed by atoms with Gasteiger partial charge in [0.2, 0.25) is 10.0 Å². The Morgan fingerprint density at radius 2 is 1.78 bits per heavy atom. The van der Waals surface area contributed by atoms with E-state index in [1.165, 1.54) is 35.7 Å². The number of nitrogens with zero attached hydrogens (tertiary/aromatic N) is 2. The second-order valence-electron chi connectivity index (χ2n) is 7.44. The zero-order valence-electron chi connectivity index (χ0n) is 16.3. The highest BCUT2D eigenvalue weighted by Gasteiger charge is 2.36. The summed E-state index contributed by atoms with van der Waals surface area (Å²) in [6, 6.07) is 11.1. The van der Waals surface area contributed by atoms with Gasteiger partial charge in [0, 0.05) is 31.4 Å². The molecule has 6 nitrogen and oxygen atoms in total. The maximum absolute atomic E-state index is 13.2. The van der Waals surface area contributed by atoms with Crippen molar-refractivity contribution in [2.24, 2.45) is 5.41 Å². The van der Waals surface area contributed by atoms with Crippen LogP contribution in [0.1, 0.15) is 36.8 Å². The third-order valence-electron chi connectivity index (χ3n) is 4.52. The lowest BCUT2D eigenvalue weighted by atomic mass is 9.84. The highest BCUT2D eigenvalue weighted by Crippen LogP contribution is 2.30. The first-order valence-electron chi connectivity index (χ1n) is 8.63. The van der Waals surface area contributed by atoms with Gasteiger partial charge in [0.15, 0.2) is 0 Å². The highest BCUT2D eigenvalue weighted by atomic mass is 32.2. The van der Waals surface area contributed by atoms with Crippen molar-refractivity contribution in [1.82, 2.24) is 9.29 Å². The van der Waals surface area contributed by atoms with E-state index in [4.69, 9.17) is 0 Å². The van der Waals surface area contributed by atoms with E-state index >= 15 is 0 Å². The van der Waals surface area contributed by atoms with Crippen molar-refractivity contribution in [3.8, 4) is 0 Å². The van der Waals surface area contributed by atoms with Gasteiger partial charge in [-0.3, -0.25) is 4.98 Å². The standard InChI is InChI=1S/C20H26N2O4S/c1-20(2,3)18(14-16-8-6-7-13-21-16)22(4)27(24,25)17-11-9-15(10-12-17)19(23)26-5/h6-13,18H,14H2,1-5H3. The third kappa shape index (κ3) is 4.93. The van der Waals surface area contributed by atoms with E-state index in [-0.39, 0.29) is 16.4 Å². The lowest BCUT2D eigenvalue weighted by Gasteiger charge is -2.37. The Hall–Kier alpha value is -2.25. The molecule has 0 aliphatic carbocycles. The summed E-state index contributed by atoms with van der Waals surface area (Å²) < 4.78 is 32.4. The molecule has 27 heavy (non-hydrogen) atoms. The van der Waals surface area contributed by atoms with Gasteiger partial charge in [-0.05, 0) is 41.8 Å². The average Bonchev–Trinajstić information content (AvgIpc) is 2.65. The minimum absolute atomic E-state index is 0.132. The molecule has 0 saturated carbocycles. The summed E-state index contributed by atoms with van der Waals surface area (Å²) in [7, 11) is -0.867. The van der Waals surface area contributed by atoms with E-state index in [0.717, 1.165) is 5.69 Å². The fraction of sp³-hybridized carbons (Fsp3) is 0.400. The maximum atomic E-state index is 13.2. The van der Waals surface area contributed by atoms with Crippen LogP contribution in [0.5, 0.6) is 0 Å². The van der Waals surface area contributed by atoms with Crippen molar-refractivity contribution < 1.29 is 17.9 Å². The van der Waals surface area contributed by atoms with Crippen LogP contribution in [0.25, 0.3) is 0 Å². The molecule has 2 aromatic rings. The van der Waals surface area contributed by atoms with Gasteiger partial charge in [0.05, 0.1) is 17.6 Å². The zero-order chi connectivity index (χ0) is 20.2. The van der Waals surface area contributed by atoms with Gasteiger partial charge in [0.25, 0.3) is 0 Å². The normalized spacial score (nSPS) is 13.4. The number of aromatic nitrogens is 1. The summed E-state index contributed by atoms with van der Waals surface area (Å²) in [6.45, 7) is 6.02. The number of carbonyl (C=O) groups is 1. The molecule has 1 atom stereocenters. The molecule has 0 aliphatic rings. The molecule has 0 N–H and O–H groups in total. The summed E-state index contributed by atoms with van der Waals surface area (Å²) in [6.07, 6.45) is 2.20. The lowest BCUT2D eigenvalue weighted by Crippen LogP contribution is -2.46. The molecular weight excluding hydrogens is 364 g/mol. The number of hydrogen-bond acceptors (Lipinski definition) is 5. The van der Waals surface area contributed by atoms with Crippen LogP contribution in [-0.4, -0.2) is 43.9 Å². The van der Waals surface area contributed by atoms with E-state index in [2.05, 4.69) is 9.72 Å². The van der Waals surface area contributed by atoms with Crippen LogP contribution < -0.4 is 0 Å². The Kier molecular flexibility index (Phi) is 6.38. The summed E-state index contributed by atoms with van der Waals surface area (Å²) in [4.78, 5) is 16.0. The van der Waals surface area contributed by atoms with Crippen LogP contribution in [0, 0.1) is 5.41 Å². The summed E-state index contributed by atoms with van der Waals surface area (Å²) >= 11 is 0. The predicted octanol–water partition coefficient (Wildman–Crippen LogP) is 3.15. The fourth-order valence-corrected chi connectivity index (χ4v) is 4.45. The van der Waals surface area contributed by atoms with Gasteiger partial charge < -0.3 is 4.74 Å². The largest absolute Gasteiger partial charge is 0.465 e. The minimum Gasteiger partial charge on any atom is -0.465 e. The minimum atomic E-state index is -3.74. The van der Waals surface area contributed by atoms with Crippen molar-refractivity contribution >= 4 is 16.0 Å². The van der Waals surface area contributed by atoms with Crippen molar-refractivity contribution in [3.05, 3.63) is 59.9 Å². The SMILES string of the molecule is COC(=O)c1ccc(S(=O)(=O)N(C)C(Cc2ccccn2)C(C)(C)C)cc1. The molecule has 0 aliphatic heterocycles. The number of benzene rings is 1. The Morgan fingerprint density at radius 3 is 2.26 bits per heavy atom. The summed E-state index contributed by atoms with van der Waals surface area (Å²) in [5.41, 5.74) is 0.839. The molecule has 0 fully saturated rings. The summed E-state index contributed by atoms with van der Waals surface area (Å²) in [5.74, 6) is -0.505. The number of pyridine rings is 1. The highest BCUT2D eigenvalue weighted by molar-refractivity contribution is 7.89. The lowest BCUT2D eigenvalue weighted by molar-refractivity contribution is 0.0600. The second kappa shape index (κ2) is 8.19. The number of sulfonamides is 1. The van der Waals surface area contributed by atoms with Gasteiger partial charge in [-0.1, -0.05) is 26.8 Å². The van der Waals surface area contributed by atoms with Crippen molar-refractivity contribution in [2.75, 3.05) is 14.2 Å². The first kappa shape index (κ1) is 21.1. The van der Waals surface area contributed by atoms with Crippen LogP contribution in [0.4, 0.5) is 0 Å². The van der Waals surface area contributed by atoms with Crippen LogP contribution in [0.2, 0.25) is 0 Å². The topological polar surface area (TPSA) is 76.6 Å². The van der Waals surface area contributed by atoms with Gasteiger partial charge in [-0.25, -0.2) is 13.2 Å². The van der Waals surface area contributed by atoms with Gasteiger partial charge in [-0.2, -0.15) is 4.31 Å². The Balaban J connectivity index is 2.35. The quantitative estimate of drug-likeness (QED) is 0.708. The number of esters is 1. The molecule has 0 amide bonds. The van der Waals surface area contributed by atoms with E-state index < -0.39 is 16.0 Å². The second-order valence-corrected chi connectivity index (χ2v) is 9.44. The third-order valence-corrected chi connectivity index (χ3v) is 6.40. The molecule has 7 heteroatoms. The zero-order valence-corrected chi connectivity index (χ0v) is 17.2. The first-order chi connectivity index (χ1) is 12.6. The van der Waals surface area contributed by atoms with Crippen LogP contribution in [0.3, 0.4) is 0 Å². The molecule has 1 heterocycles. The van der Waals surface area contributed by atoms with Crippen LogP contribution >= 0.6 is 0 Å². The molecule has 1 aromatic carbocycles. The smallest absolute Gasteiger partial charge is 0.337 e. The van der Waals surface area contributed by atoms with Crippen LogP contribution in [-0.2, 0) is 21.2 Å². The first-order valence-corrected chi connectivity index (χ1v) is 10.1. The number of likely N-dealkylation sites (N-methyl/N-ethyl adjacent to an activating group) is 1. The average molecular weight is 391 g/mol. The molecule has 1 unspecified atom stereocenters. The molecule has 0 bridgehead atoms. The van der Waals surface area contributed by atoms with E-state index in [9.17, 15) is 13.2 Å². The van der Waals surface area contributed by atoms with Gasteiger partial charge in [0.1, 0.15) is 0 Å². The molecule has 1 aromatic heterocycles. The number of hydrogen-bond donors (Lipinski definition) is 0. The number of carbonyl (C=O) groups excluding carboxylic acids is 1. The van der Waals surface area contributed by atoms with Gasteiger partial charge >= 0.3 is 5.97 Å². The maximum Gasteiger partial charge on any atom is 0.337 e. The fourth-order valence-electron chi connectivity index (χ4n) is 2.91. The summed E-state index contributed by atoms with van der Waals surface area (Å²) in [5, 5.41) is 0. The van der Waals surface area contributed by atoms with Crippen molar-refractivity contribution in [2.45, 2.75) is 38.1 Å². The molecule has 0 spiro atoms. The Labute approximate surface area is 161 Å². The number of methoxy groups -OCH3 is 1. The number of rotatable bonds is 6.